The number of fused-ring (bicyclic) bond motifs is 1. The molecular formula is C32H31N3O5S. The number of rotatable bonds is 9. The molecule has 1 aromatic heterocycles. The lowest BCUT2D eigenvalue weighted by Crippen LogP contribution is -2.47. The minimum absolute atomic E-state index is 0.0256. The molecule has 0 radical (unpaired) electrons. The average molecular weight is 570 g/mol. The third-order valence-electron chi connectivity index (χ3n) is 7.71. The predicted molar refractivity (Wildman–Crippen MR) is 158 cm³/mol. The molecule has 8 nitrogen and oxygen atoms in total. The van der Waals surface area contributed by atoms with E-state index in [2.05, 4.69) is 13.0 Å². The summed E-state index contributed by atoms with van der Waals surface area (Å²) >= 11 is 1.61. The van der Waals surface area contributed by atoms with Crippen LogP contribution < -0.4 is 14.4 Å². The predicted octanol–water partition coefficient (Wildman–Crippen LogP) is 5.40. The first-order valence-corrected chi connectivity index (χ1v) is 14.5. The van der Waals surface area contributed by atoms with Crippen LogP contribution in [0.25, 0.3) is 20.8 Å². The Balaban J connectivity index is 1.21. The fourth-order valence-electron chi connectivity index (χ4n) is 5.31. The van der Waals surface area contributed by atoms with Crippen molar-refractivity contribution in [3.8, 4) is 22.1 Å². The van der Waals surface area contributed by atoms with Crippen molar-refractivity contribution in [1.29, 1.82) is 0 Å². The van der Waals surface area contributed by atoms with Gasteiger partial charge in [-0.05, 0) is 85.8 Å². The number of thiazole rings is 1. The Kier molecular flexibility index (Phi) is 7.21. The number of hydrogen-bond acceptors (Lipinski definition) is 7. The molecule has 1 aliphatic heterocycles. The summed E-state index contributed by atoms with van der Waals surface area (Å²) in [6.45, 7) is 2.39. The second-order valence-electron chi connectivity index (χ2n) is 10.6. The summed E-state index contributed by atoms with van der Waals surface area (Å²) < 4.78 is 11.9. The number of nitrogens with zero attached hydrogens (tertiary/aromatic N) is 3. The molecule has 9 heteroatoms. The van der Waals surface area contributed by atoms with Crippen LogP contribution in [0.2, 0.25) is 0 Å². The SMILES string of the molecule is COc1ccc(CCN(C(=O)C2CC2)C2CC(=O)N(c3ccc(-c4nc5ccc(C)cc5s4)cc3)C2=O)cc1OC. The zero-order chi connectivity index (χ0) is 28.7. The van der Waals surface area contributed by atoms with E-state index < -0.39 is 6.04 Å². The highest BCUT2D eigenvalue weighted by Crippen LogP contribution is 2.36. The fourth-order valence-corrected chi connectivity index (χ4v) is 6.38. The van der Waals surface area contributed by atoms with E-state index in [1.165, 1.54) is 10.5 Å². The normalized spacial score (nSPS) is 16.9. The van der Waals surface area contributed by atoms with Crippen LogP contribution in [-0.2, 0) is 20.8 Å². The molecule has 2 aliphatic rings. The van der Waals surface area contributed by atoms with Crippen LogP contribution in [0.4, 0.5) is 5.69 Å². The Morgan fingerprint density at radius 1 is 1.00 bits per heavy atom. The van der Waals surface area contributed by atoms with E-state index in [1.807, 2.05) is 42.5 Å². The van der Waals surface area contributed by atoms with Gasteiger partial charge in [-0.15, -0.1) is 11.3 Å². The summed E-state index contributed by atoms with van der Waals surface area (Å²) in [4.78, 5) is 47.7. The van der Waals surface area contributed by atoms with Gasteiger partial charge in [-0.25, -0.2) is 9.88 Å². The first-order chi connectivity index (χ1) is 19.9. The second kappa shape index (κ2) is 11.0. The summed E-state index contributed by atoms with van der Waals surface area (Å²) in [6, 6.07) is 18.3. The second-order valence-corrected chi connectivity index (χ2v) is 11.6. The average Bonchev–Trinajstić information content (AvgIpc) is 3.69. The maximum absolute atomic E-state index is 13.7. The van der Waals surface area contributed by atoms with Gasteiger partial charge < -0.3 is 14.4 Å². The molecule has 0 bridgehead atoms. The van der Waals surface area contributed by atoms with Crippen LogP contribution in [0.1, 0.15) is 30.4 Å². The van der Waals surface area contributed by atoms with Crippen LogP contribution in [0.3, 0.4) is 0 Å². The van der Waals surface area contributed by atoms with Gasteiger partial charge in [-0.3, -0.25) is 14.4 Å². The lowest BCUT2D eigenvalue weighted by atomic mass is 10.1. The van der Waals surface area contributed by atoms with E-state index in [4.69, 9.17) is 14.5 Å². The van der Waals surface area contributed by atoms with Crippen molar-refractivity contribution in [2.75, 3.05) is 25.7 Å². The number of benzene rings is 3. The molecule has 1 saturated heterocycles. The molecule has 4 aromatic rings. The van der Waals surface area contributed by atoms with Gasteiger partial charge in [-0.2, -0.15) is 0 Å². The monoisotopic (exact) mass is 569 g/mol. The van der Waals surface area contributed by atoms with Gasteiger partial charge in [0.25, 0.3) is 5.91 Å². The largest absolute Gasteiger partial charge is 0.493 e. The van der Waals surface area contributed by atoms with Crippen molar-refractivity contribution in [3.05, 3.63) is 71.8 Å². The molecule has 1 atom stereocenters. The molecule has 1 saturated carbocycles. The van der Waals surface area contributed by atoms with Crippen LogP contribution in [-0.4, -0.2) is 54.4 Å². The van der Waals surface area contributed by atoms with Gasteiger partial charge in [0.1, 0.15) is 11.0 Å². The zero-order valence-corrected chi connectivity index (χ0v) is 24.1. The minimum Gasteiger partial charge on any atom is -0.493 e. The van der Waals surface area contributed by atoms with Crippen LogP contribution in [0.5, 0.6) is 11.5 Å². The third kappa shape index (κ3) is 5.29. The summed E-state index contributed by atoms with van der Waals surface area (Å²) in [5, 5.41) is 0.880. The van der Waals surface area contributed by atoms with Crippen molar-refractivity contribution in [2.24, 2.45) is 5.92 Å². The van der Waals surface area contributed by atoms with Gasteiger partial charge in [-0.1, -0.05) is 12.1 Å². The Bertz CT molecular complexity index is 1640. The first-order valence-electron chi connectivity index (χ1n) is 13.7. The number of anilines is 1. The third-order valence-corrected chi connectivity index (χ3v) is 8.78. The number of methoxy groups -OCH3 is 2. The molecule has 6 rings (SSSR count). The number of carbonyl (C=O) groups is 3. The molecule has 3 aromatic carbocycles. The highest BCUT2D eigenvalue weighted by atomic mass is 32.1. The Hall–Kier alpha value is -4.24. The Morgan fingerprint density at radius 3 is 2.46 bits per heavy atom. The lowest BCUT2D eigenvalue weighted by molar-refractivity contribution is -0.139. The standard InChI is InChI=1S/C32H31N3O5S/c1-19-4-12-24-28(16-19)41-30(33-24)21-8-10-23(11-9-21)35-29(36)18-25(32(35)38)34(31(37)22-6-7-22)15-14-20-5-13-26(39-2)27(17-20)40-3/h4-5,8-13,16-17,22,25H,6-7,14-15,18H2,1-3H3. The molecule has 2 heterocycles. The number of aryl methyl sites for hydroxylation is 1. The maximum Gasteiger partial charge on any atom is 0.257 e. The molecule has 1 unspecified atom stereocenters. The van der Waals surface area contributed by atoms with Crippen molar-refractivity contribution in [2.45, 2.75) is 38.6 Å². The van der Waals surface area contributed by atoms with E-state index >= 15 is 0 Å². The van der Waals surface area contributed by atoms with Gasteiger partial charge in [0, 0.05) is 18.0 Å². The van der Waals surface area contributed by atoms with E-state index in [-0.39, 0.29) is 30.1 Å². The molecule has 1 aliphatic carbocycles. The van der Waals surface area contributed by atoms with Crippen molar-refractivity contribution in [3.63, 3.8) is 0 Å². The van der Waals surface area contributed by atoms with Crippen LogP contribution in [0, 0.1) is 12.8 Å². The Morgan fingerprint density at radius 2 is 1.76 bits per heavy atom. The van der Waals surface area contributed by atoms with Crippen molar-refractivity contribution < 1.29 is 23.9 Å². The summed E-state index contributed by atoms with van der Waals surface area (Å²) in [5.74, 6) is 0.433. The summed E-state index contributed by atoms with van der Waals surface area (Å²) in [7, 11) is 3.16. The topological polar surface area (TPSA) is 89.0 Å². The number of ether oxygens (including phenoxy) is 2. The van der Waals surface area contributed by atoms with Crippen molar-refractivity contribution in [1.82, 2.24) is 9.88 Å². The quantitative estimate of drug-likeness (QED) is 0.251. The fraction of sp³-hybridized carbons (Fsp3) is 0.312. The number of carbonyl (C=O) groups excluding carboxylic acids is 3. The number of hydrogen-bond donors (Lipinski definition) is 0. The molecule has 210 valence electrons. The maximum atomic E-state index is 13.7. The molecule has 0 spiro atoms. The summed E-state index contributed by atoms with van der Waals surface area (Å²) in [5.41, 5.74) is 4.50. The zero-order valence-electron chi connectivity index (χ0n) is 23.3. The smallest absolute Gasteiger partial charge is 0.257 e. The first kappa shape index (κ1) is 27.0. The van der Waals surface area contributed by atoms with Gasteiger partial charge >= 0.3 is 0 Å². The Labute approximate surface area is 242 Å². The van der Waals surface area contributed by atoms with E-state index in [9.17, 15) is 14.4 Å². The highest BCUT2D eigenvalue weighted by Gasteiger charge is 2.46. The van der Waals surface area contributed by atoms with E-state index in [0.29, 0.717) is 30.2 Å². The van der Waals surface area contributed by atoms with Gasteiger partial charge in [0.05, 0.1) is 36.5 Å². The molecule has 41 heavy (non-hydrogen) atoms. The molecule has 3 amide bonds. The van der Waals surface area contributed by atoms with Crippen LogP contribution in [0.15, 0.2) is 60.7 Å². The minimum atomic E-state index is -0.817. The number of aromatic nitrogens is 1. The number of amides is 3. The van der Waals surface area contributed by atoms with Gasteiger partial charge in [0.15, 0.2) is 11.5 Å². The molecular weight excluding hydrogens is 538 g/mol. The van der Waals surface area contributed by atoms with Crippen molar-refractivity contribution >= 4 is 45.0 Å². The van der Waals surface area contributed by atoms with Gasteiger partial charge in [0.2, 0.25) is 11.8 Å². The molecule has 0 N–H and O–H groups in total. The molecule has 2 fully saturated rings. The highest BCUT2D eigenvalue weighted by molar-refractivity contribution is 7.21. The van der Waals surface area contributed by atoms with Crippen LogP contribution >= 0.6 is 11.3 Å². The van der Waals surface area contributed by atoms with E-state index in [1.54, 1.807) is 42.6 Å². The lowest BCUT2D eigenvalue weighted by Gasteiger charge is -2.28. The number of imide groups is 1. The van der Waals surface area contributed by atoms with E-state index in [0.717, 1.165) is 39.2 Å². The summed E-state index contributed by atoms with van der Waals surface area (Å²) in [6.07, 6.45) is 2.13.